The van der Waals surface area contributed by atoms with Crippen molar-refractivity contribution in [2.45, 2.75) is 32.9 Å². The Kier molecular flexibility index (Phi) is 6.48. The van der Waals surface area contributed by atoms with E-state index in [1.54, 1.807) is 25.6 Å². The van der Waals surface area contributed by atoms with E-state index in [-0.39, 0.29) is 6.04 Å². The SMILES string of the molecule is CCC(NCc1cc(OC)c(OC)cc1-c1ccccc1)c1nc(C)cs1. The van der Waals surface area contributed by atoms with Gasteiger partial charge in [0, 0.05) is 17.6 Å². The highest BCUT2D eigenvalue weighted by Crippen LogP contribution is 2.36. The van der Waals surface area contributed by atoms with Crippen LogP contribution in [-0.2, 0) is 6.54 Å². The third-order valence-electron chi connectivity index (χ3n) is 4.58. The second-order valence-corrected chi connectivity index (χ2v) is 7.29. The van der Waals surface area contributed by atoms with Gasteiger partial charge in [0.25, 0.3) is 0 Å². The lowest BCUT2D eigenvalue weighted by Crippen LogP contribution is -2.20. The first-order valence-electron chi connectivity index (χ1n) is 9.12. The molecule has 1 atom stereocenters. The van der Waals surface area contributed by atoms with Gasteiger partial charge in [0.1, 0.15) is 5.01 Å². The summed E-state index contributed by atoms with van der Waals surface area (Å²) in [6.07, 6.45) is 0.987. The number of aryl methyl sites for hydroxylation is 1. The van der Waals surface area contributed by atoms with Crippen LogP contribution in [0.25, 0.3) is 11.1 Å². The van der Waals surface area contributed by atoms with Crippen LogP contribution >= 0.6 is 11.3 Å². The van der Waals surface area contributed by atoms with Crippen LogP contribution in [0.5, 0.6) is 11.5 Å². The molecule has 1 unspecified atom stereocenters. The number of nitrogens with one attached hydrogen (secondary N) is 1. The Morgan fingerprint density at radius 1 is 1.07 bits per heavy atom. The average Bonchev–Trinajstić information content (AvgIpc) is 3.14. The summed E-state index contributed by atoms with van der Waals surface area (Å²) in [5.74, 6) is 1.48. The summed E-state index contributed by atoms with van der Waals surface area (Å²) >= 11 is 1.71. The Hall–Kier alpha value is -2.37. The van der Waals surface area contributed by atoms with Crippen LogP contribution in [0.15, 0.2) is 47.8 Å². The number of methoxy groups -OCH3 is 2. The zero-order valence-corrected chi connectivity index (χ0v) is 17.1. The van der Waals surface area contributed by atoms with Crippen molar-refractivity contribution in [1.82, 2.24) is 10.3 Å². The number of benzene rings is 2. The summed E-state index contributed by atoms with van der Waals surface area (Å²) in [4.78, 5) is 4.65. The average molecular weight is 383 g/mol. The largest absolute Gasteiger partial charge is 0.493 e. The summed E-state index contributed by atoms with van der Waals surface area (Å²) in [7, 11) is 3.34. The fraction of sp³-hybridized carbons (Fsp3) is 0.318. The molecular weight excluding hydrogens is 356 g/mol. The minimum absolute atomic E-state index is 0.236. The fourth-order valence-electron chi connectivity index (χ4n) is 3.13. The molecule has 0 radical (unpaired) electrons. The number of hydrogen-bond donors (Lipinski definition) is 1. The van der Waals surface area contributed by atoms with Gasteiger partial charge >= 0.3 is 0 Å². The highest BCUT2D eigenvalue weighted by molar-refractivity contribution is 7.09. The van der Waals surface area contributed by atoms with Crippen molar-refractivity contribution in [2.75, 3.05) is 14.2 Å². The smallest absolute Gasteiger partial charge is 0.161 e. The van der Waals surface area contributed by atoms with Crippen molar-refractivity contribution in [3.05, 3.63) is 64.1 Å². The molecule has 4 nitrogen and oxygen atoms in total. The van der Waals surface area contributed by atoms with Crippen LogP contribution in [0.3, 0.4) is 0 Å². The minimum atomic E-state index is 0.236. The van der Waals surface area contributed by atoms with Gasteiger partial charge in [0.2, 0.25) is 0 Å². The molecule has 0 aliphatic heterocycles. The maximum absolute atomic E-state index is 5.53. The molecule has 0 aliphatic rings. The highest BCUT2D eigenvalue weighted by atomic mass is 32.1. The molecule has 5 heteroatoms. The Morgan fingerprint density at radius 2 is 1.78 bits per heavy atom. The third kappa shape index (κ3) is 4.49. The summed E-state index contributed by atoms with van der Waals surface area (Å²) in [5, 5.41) is 6.90. The van der Waals surface area contributed by atoms with Crippen molar-refractivity contribution in [3.8, 4) is 22.6 Å². The molecular formula is C22H26N2O2S. The first kappa shape index (κ1) is 19.4. The van der Waals surface area contributed by atoms with Crippen LogP contribution in [-0.4, -0.2) is 19.2 Å². The maximum Gasteiger partial charge on any atom is 0.161 e. The molecule has 1 heterocycles. The summed E-state index contributed by atoms with van der Waals surface area (Å²) < 4.78 is 11.0. The number of ether oxygens (including phenoxy) is 2. The van der Waals surface area contributed by atoms with Crippen LogP contribution in [0, 0.1) is 6.92 Å². The van der Waals surface area contributed by atoms with E-state index >= 15 is 0 Å². The van der Waals surface area contributed by atoms with Crippen molar-refractivity contribution >= 4 is 11.3 Å². The molecule has 1 N–H and O–H groups in total. The van der Waals surface area contributed by atoms with E-state index in [0.717, 1.165) is 46.3 Å². The van der Waals surface area contributed by atoms with Gasteiger partial charge in [-0.3, -0.25) is 0 Å². The van der Waals surface area contributed by atoms with E-state index in [9.17, 15) is 0 Å². The van der Waals surface area contributed by atoms with Crippen molar-refractivity contribution < 1.29 is 9.47 Å². The lowest BCUT2D eigenvalue weighted by Gasteiger charge is -2.19. The molecule has 3 rings (SSSR count). The van der Waals surface area contributed by atoms with Gasteiger partial charge in [-0.2, -0.15) is 0 Å². The number of aromatic nitrogens is 1. The second kappa shape index (κ2) is 9.02. The van der Waals surface area contributed by atoms with Crippen LogP contribution in [0.4, 0.5) is 0 Å². The van der Waals surface area contributed by atoms with E-state index < -0.39 is 0 Å². The van der Waals surface area contributed by atoms with E-state index in [1.165, 1.54) is 5.56 Å². The molecule has 2 aromatic carbocycles. The molecule has 0 aliphatic carbocycles. The molecule has 0 saturated heterocycles. The van der Waals surface area contributed by atoms with Gasteiger partial charge < -0.3 is 14.8 Å². The third-order valence-corrected chi connectivity index (χ3v) is 5.65. The van der Waals surface area contributed by atoms with Gasteiger partial charge in [0.15, 0.2) is 11.5 Å². The summed E-state index contributed by atoms with van der Waals surface area (Å²) in [5.41, 5.74) is 4.55. The number of rotatable bonds is 8. The Balaban J connectivity index is 1.93. The highest BCUT2D eigenvalue weighted by Gasteiger charge is 2.16. The molecule has 0 fully saturated rings. The maximum atomic E-state index is 5.53. The molecule has 0 bridgehead atoms. The van der Waals surface area contributed by atoms with Gasteiger partial charge in [-0.15, -0.1) is 11.3 Å². The first-order valence-corrected chi connectivity index (χ1v) is 10.00. The summed E-state index contributed by atoms with van der Waals surface area (Å²) in [6, 6.07) is 14.7. The quantitative estimate of drug-likeness (QED) is 0.568. The second-order valence-electron chi connectivity index (χ2n) is 6.40. The van der Waals surface area contributed by atoms with E-state index in [0.29, 0.717) is 0 Å². The topological polar surface area (TPSA) is 43.4 Å². The lowest BCUT2D eigenvalue weighted by atomic mass is 9.98. The van der Waals surface area contributed by atoms with E-state index in [1.807, 2.05) is 13.0 Å². The molecule has 3 aromatic rings. The Morgan fingerprint density at radius 3 is 2.37 bits per heavy atom. The molecule has 0 amide bonds. The number of hydrogen-bond acceptors (Lipinski definition) is 5. The normalized spacial score (nSPS) is 12.0. The fourth-order valence-corrected chi connectivity index (χ4v) is 4.08. The predicted octanol–water partition coefficient (Wildman–Crippen LogP) is 5.38. The minimum Gasteiger partial charge on any atom is -0.493 e. The van der Waals surface area contributed by atoms with Gasteiger partial charge in [-0.05, 0) is 42.2 Å². The van der Waals surface area contributed by atoms with Gasteiger partial charge in [-0.25, -0.2) is 4.98 Å². The van der Waals surface area contributed by atoms with Crippen LogP contribution in [0.1, 0.15) is 35.7 Å². The molecule has 27 heavy (non-hydrogen) atoms. The zero-order chi connectivity index (χ0) is 19.2. The van der Waals surface area contributed by atoms with E-state index in [4.69, 9.17) is 9.47 Å². The van der Waals surface area contributed by atoms with Crippen molar-refractivity contribution in [2.24, 2.45) is 0 Å². The molecule has 142 valence electrons. The summed E-state index contributed by atoms with van der Waals surface area (Å²) in [6.45, 7) is 4.94. The predicted molar refractivity (Wildman–Crippen MR) is 112 cm³/mol. The molecule has 1 aromatic heterocycles. The molecule has 0 saturated carbocycles. The Labute approximate surface area is 165 Å². The lowest BCUT2D eigenvalue weighted by molar-refractivity contribution is 0.354. The zero-order valence-electron chi connectivity index (χ0n) is 16.3. The van der Waals surface area contributed by atoms with Crippen molar-refractivity contribution in [1.29, 1.82) is 0 Å². The number of nitrogens with zero attached hydrogens (tertiary/aromatic N) is 1. The molecule has 0 spiro atoms. The van der Waals surface area contributed by atoms with Crippen molar-refractivity contribution in [3.63, 3.8) is 0 Å². The standard InChI is InChI=1S/C22H26N2O2S/c1-5-19(22-24-15(2)14-27-22)23-13-17-11-20(25-3)21(26-4)12-18(17)16-9-7-6-8-10-16/h6-12,14,19,23H,5,13H2,1-4H3. The Bertz CT molecular complexity index is 877. The monoisotopic (exact) mass is 382 g/mol. The van der Waals surface area contributed by atoms with Crippen LogP contribution in [0.2, 0.25) is 0 Å². The van der Waals surface area contributed by atoms with E-state index in [2.05, 4.69) is 59.0 Å². The van der Waals surface area contributed by atoms with Gasteiger partial charge in [-0.1, -0.05) is 37.3 Å². The first-order chi connectivity index (χ1) is 13.2. The number of thiazole rings is 1. The van der Waals surface area contributed by atoms with Gasteiger partial charge in [0.05, 0.1) is 20.3 Å². The van der Waals surface area contributed by atoms with Crippen LogP contribution < -0.4 is 14.8 Å².